The van der Waals surface area contributed by atoms with Crippen LogP contribution in [0.3, 0.4) is 0 Å². The van der Waals surface area contributed by atoms with Crippen LogP contribution in [-0.2, 0) is 9.53 Å². The normalized spacial score (nSPS) is 19.1. The highest BCUT2D eigenvalue weighted by Crippen LogP contribution is 2.07. The molecule has 0 saturated carbocycles. The Kier molecular flexibility index (Phi) is 7.32. The van der Waals surface area contributed by atoms with Gasteiger partial charge in [-0.25, -0.2) is 9.59 Å². The molecule has 20 heavy (non-hydrogen) atoms. The quantitative estimate of drug-likeness (QED) is 0.618. The fourth-order valence-electron chi connectivity index (χ4n) is 2.03. The van der Waals surface area contributed by atoms with Crippen LogP contribution in [-0.4, -0.2) is 67.4 Å². The van der Waals surface area contributed by atoms with Crippen LogP contribution in [0.5, 0.6) is 0 Å². The third-order valence-electron chi connectivity index (χ3n) is 3.58. The number of carbonyl (C=O) groups is 2. The van der Waals surface area contributed by atoms with Crippen LogP contribution in [0.1, 0.15) is 20.3 Å². The Morgan fingerprint density at radius 2 is 2.00 bits per heavy atom. The molecular weight excluding hydrogens is 262 g/mol. The molecule has 0 aromatic rings. The number of carbonyl (C=O) groups excluding carboxylic acids is 1. The lowest BCUT2D eigenvalue weighted by molar-refractivity contribution is -0.140. The average Bonchev–Trinajstić information content (AvgIpc) is 2.45. The van der Waals surface area contributed by atoms with Crippen LogP contribution in [0, 0.1) is 5.92 Å². The van der Waals surface area contributed by atoms with E-state index < -0.39 is 18.0 Å². The fourth-order valence-corrected chi connectivity index (χ4v) is 2.03. The van der Waals surface area contributed by atoms with Gasteiger partial charge in [0.05, 0.1) is 13.2 Å². The molecule has 116 valence electrons. The van der Waals surface area contributed by atoms with Crippen molar-refractivity contribution in [3.8, 4) is 0 Å². The van der Waals surface area contributed by atoms with Crippen molar-refractivity contribution >= 4 is 12.0 Å². The number of urea groups is 1. The third kappa shape index (κ3) is 5.75. The lowest BCUT2D eigenvalue weighted by Gasteiger charge is -2.26. The number of carboxylic acid groups (broad SMARTS) is 1. The maximum absolute atomic E-state index is 11.7. The summed E-state index contributed by atoms with van der Waals surface area (Å²) in [7, 11) is 0. The summed E-state index contributed by atoms with van der Waals surface area (Å²) in [6.45, 7) is 8.15. The molecule has 1 fully saturated rings. The average molecular weight is 287 g/mol. The zero-order valence-electron chi connectivity index (χ0n) is 12.2. The highest BCUT2D eigenvalue weighted by atomic mass is 16.5. The van der Waals surface area contributed by atoms with E-state index >= 15 is 0 Å². The van der Waals surface area contributed by atoms with E-state index in [2.05, 4.69) is 15.5 Å². The van der Waals surface area contributed by atoms with Gasteiger partial charge in [0.1, 0.15) is 6.04 Å². The van der Waals surface area contributed by atoms with Gasteiger partial charge in [0, 0.05) is 26.2 Å². The van der Waals surface area contributed by atoms with Gasteiger partial charge < -0.3 is 20.5 Å². The molecular formula is C13H25N3O4. The minimum atomic E-state index is -0.998. The number of hydrogen-bond donors (Lipinski definition) is 3. The molecule has 1 unspecified atom stereocenters. The van der Waals surface area contributed by atoms with E-state index in [1.807, 2.05) is 13.8 Å². The van der Waals surface area contributed by atoms with Crippen molar-refractivity contribution in [3.05, 3.63) is 0 Å². The summed E-state index contributed by atoms with van der Waals surface area (Å²) >= 11 is 0. The Balaban J connectivity index is 2.25. The molecule has 1 saturated heterocycles. The third-order valence-corrected chi connectivity index (χ3v) is 3.58. The second-order valence-electron chi connectivity index (χ2n) is 5.06. The smallest absolute Gasteiger partial charge is 0.326 e. The molecule has 3 N–H and O–H groups in total. The molecule has 0 bridgehead atoms. The van der Waals surface area contributed by atoms with Gasteiger partial charge in [-0.15, -0.1) is 0 Å². The van der Waals surface area contributed by atoms with Crippen LogP contribution in [0.2, 0.25) is 0 Å². The van der Waals surface area contributed by atoms with Crippen LogP contribution in [0.25, 0.3) is 0 Å². The Morgan fingerprint density at radius 1 is 1.35 bits per heavy atom. The number of rotatable bonds is 7. The minimum absolute atomic E-state index is 0.0995. The predicted molar refractivity (Wildman–Crippen MR) is 74.7 cm³/mol. The van der Waals surface area contributed by atoms with Gasteiger partial charge in [-0.1, -0.05) is 20.3 Å². The van der Waals surface area contributed by atoms with Gasteiger partial charge in [0.2, 0.25) is 0 Å². The molecule has 1 rings (SSSR count). The lowest BCUT2D eigenvalue weighted by atomic mass is 9.99. The zero-order valence-corrected chi connectivity index (χ0v) is 12.2. The summed E-state index contributed by atoms with van der Waals surface area (Å²) in [5.41, 5.74) is 0. The summed E-state index contributed by atoms with van der Waals surface area (Å²) in [5, 5.41) is 14.3. The molecule has 1 heterocycles. The number of morpholine rings is 1. The molecule has 1 aliphatic heterocycles. The van der Waals surface area contributed by atoms with Crippen LogP contribution in [0.15, 0.2) is 0 Å². The number of ether oxygens (including phenoxy) is 1. The van der Waals surface area contributed by atoms with Crippen molar-refractivity contribution in [1.29, 1.82) is 0 Å². The van der Waals surface area contributed by atoms with Gasteiger partial charge in [0.25, 0.3) is 0 Å². The van der Waals surface area contributed by atoms with E-state index in [4.69, 9.17) is 9.84 Å². The largest absolute Gasteiger partial charge is 0.480 e. The van der Waals surface area contributed by atoms with E-state index in [9.17, 15) is 9.59 Å². The molecule has 2 amide bonds. The summed E-state index contributed by atoms with van der Waals surface area (Å²) in [5.74, 6) is -1.10. The maximum Gasteiger partial charge on any atom is 0.326 e. The number of hydrogen-bond acceptors (Lipinski definition) is 4. The number of nitrogens with one attached hydrogen (secondary N) is 2. The highest BCUT2D eigenvalue weighted by molar-refractivity contribution is 5.82. The number of aliphatic carboxylic acids is 1. The van der Waals surface area contributed by atoms with E-state index in [0.29, 0.717) is 13.0 Å². The minimum Gasteiger partial charge on any atom is -0.480 e. The first-order valence-corrected chi connectivity index (χ1v) is 7.11. The molecule has 0 aromatic carbocycles. The Labute approximate surface area is 119 Å². The highest BCUT2D eigenvalue weighted by Gasteiger charge is 2.25. The summed E-state index contributed by atoms with van der Waals surface area (Å²) < 4.78 is 5.24. The predicted octanol–water partition coefficient (Wildman–Crippen LogP) is 0.117. The summed E-state index contributed by atoms with van der Waals surface area (Å²) in [6, 6.07) is -1.27. The molecule has 1 aliphatic rings. The van der Waals surface area contributed by atoms with Gasteiger partial charge in [-0.2, -0.15) is 0 Å². The van der Waals surface area contributed by atoms with Crippen molar-refractivity contribution in [2.45, 2.75) is 26.3 Å². The molecule has 0 spiro atoms. The first-order chi connectivity index (χ1) is 9.54. The summed E-state index contributed by atoms with van der Waals surface area (Å²) in [4.78, 5) is 25.0. The van der Waals surface area contributed by atoms with E-state index in [1.54, 1.807) is 0 Å². The van der Waals surface area contributed by atoms with Gasteiger partial charge in [-0.05, 0) is 5.92 Å². The second kappa shape index (κ2) is 8.76. The Hall–Kier alpha value is -1.34. The maximum atomic E-state index is 11.7. The lowest BCUT2D eigenvalue weighted by Crippen LogP contribution is -2.50. The van der Waals surface area contributed by atoms with E-state index in [0.717, 1.165) is 32.8 Å². The first-order valence-electron chi connectivity index (χ1n) is 7.11. The fraction of sp³-hybridized carbons (Fsp3) is 0.846. The number of nitrogens with zero attached hydrogens (tertiary/aromatic N) is 1. The molecule has 2 atom stereocenters. The van der Waals surface area contributed by atoms with E-state index in [-0.39, 0.29) is 5.92 Å². The van der Waals surface area contributed by atoms with Crippen molar-refractivity contribution in [1.82, 2.24) is 15.5 Å². The molecule has 7 heteroatoms. The molecule has 0 aliphatic carbocycles. The van der Waals surface area contributed by atoms with Crippen molar-refractivity contribution in [2.24, 2.45) is 5.92 Å². The topological polar surface area (TPSA) is 90.9 Å². The Morgan fingerprint density at radius 3 is 2.55 bits per heavy atom. The monoisotopic (exact) mass is 287 g/mol. The Bertz CT molecular complexity index is 319. The molecule has 0 aromatic heterocycles. The van der Waals surface area contributed by atoms with Crippen LogP contribution in [0.4, 0.5) is 4.79 Å². The molecule has 0 radical (unpaired) electrons. The van der Waals surface area contributed by atoms with Gasteiger partial charge in [0.15, 0.2) is 0 Å². The standard InChI is InChI=1S/C13H25N3O4/c1-3-10(2)11(12(17)18)15-13(19)14-4-5-16-6-8-20-9-7-16/h10-11H,3-9H2,1-2H3,(H,17,18)(H2,14,15,19)/t10?,11-/m0/s1. The van der Waals surface area contributed by atoms with Crippen molar-refractivity contribution in [3.63, 3.8) is 0 Å². The second-order valence-corrected chi connectivity index (χ2v) is 5.06. The summed E-state index contributed by atoms with van der Waals surface area (Å²) in [6.07, 6.45) is 0.699. The first kappa shape index (κ1) is 16.7. The number of carboxylic acids is 1. The van der Waals surface area contributed by atoms with E-state index in [1.165, 1.54) is 0 Å². The zero-order chi connectivity index (χ0) is 15.0. The SMILES string of the molecule is CCC(C)[C@H](NC(=O)NCCN1CCOCC1)C(=O)O. The van der Waals surface area contributed by atoms with Gasteiger partial charge in [-0.3, -0.25) is 4.90 Å². The van der Waals surface area contributed by atoms with Crippen molar-refractivity contribution in [2.75, 3.05) is 39.4 Å². The van der Waals surface area contributed by atoms with Crippen LogP contribution < -0.4 is 10.6 Å². The van der Waals surface area contributed by atoms with Crippen molar-refractivity contribution < 1.29 is 19.4 Å². The number of amides is 2. The van der Waals surface area contributed by atoms with Gasteiger partial charge >= 0.3 is 12.0 Å². The molecule has 7 nitrogen and oxygen atoms in total. The van der Waals surface area contributed by atoms with Crippen LogP contribution >= 0.6 is 0 Å².